The van der Waals surface area contributed by atoms with Gasteiger partial charge < -0.3 is 10.2 Å². The zero-order chi connectivity index (χ0) is 16.5. The number of rotatable bonds is 2. The van der Waals surface area contributed by atoms with Crippen molar-refractivity contribution in [3.8, 4) is 0 Å². The van der Waals surface area contributed by atoms with E-state index in [1.54, 1.807) is 12.2 Å². The quantitative estimate of drug-likeness (QED) is 0.793. The van der Waals surface area contributed by atoms with Crippen LogP contribution < -0.4 is 0 Å². The van der Waals surface area contributed by atoms with E-state index in [-0.39, 0.29) is 12.2 Å². The summed E-state index contributed by atoms with van der Waals surface area (Å²) < 4.78 is 0. The van der Waals surface area contributed by atoms with Crippen molar-refractivity contribution in [3.05, 3.63) is 72.9 Å². The van der Waals surface area contributed by atoms with Crippen LogP contribution in [0.3, 0.4) is 0 Å². The molecule has 22 heavy (non-hydrogen) atoms. The Kier molecular flexibility index (Phi) is 7.86. The second-order valence-corrected chi connectivity index (χ2v) is 5.86. The van der Waals surface area contributed by atoms with Crippen LogP contribution in [0.4, 0.5) is 0 Å². The molecule has 2 heteroatoms. The summed E-state index contributed by atoms with van der Waals surface area (Å²) in [5.74, 6) is 0. The molecule has 0 radical (unpaired) electrons. The van der Waals surface area contributed by atoms with Crippen LogP contribution in [0.1, 0.15) is 38.5 Å². The topological polar surface area (TPSA) is 40.5 Å². The van der Waals surface area contributed by atoms with Crippen LogP contribution >= 0.6 is 0 Å². The Bertz CT molecular complexity index is 448. The highest BCUT2D eigenvalue weighted by Crippen LogP contribution is 2.28. The van der Waals surface area contributed by atoms with E-state index in [0.29, 0.717) is 0 Å². The van der Waals surface area contributed by atoms with Crippen LogP contribution in [0.5, 0.6) is 0 Å². The van der Waals surface area contributed by atoms with Gasteiger partial charge in [0.2, 0.25) is 0 Å². The molecular weight excluding hydrogens is 272 g/mol. The van der Waals surface area contributed by atoms with Gasteiger partial charge in [-0.3, -0.25) is 0 Å². The Morgan fingerprint density at radius 1 is 0.773 bits per heavy atom. The van der Waals surface area contributed by atoms with Crippen molar-refractivity contribution in [1.82, 2.24) is 0 Å². The molecule has 0 spiro atoms. The summed E-state index contributed by atoms with van der Waals surface area (Å²) in [5.41, 5.74) is 4.60. The zero-order valence-corrected chi connectivity index (χ0v) is 13.4. The lowest BCUT2D eigenvalue weighted by molar-refractivity contribution is 0.158. The molecule has 2 rings (SSSR count). The van der Waals surface area contributed by atoms with Crippen LogP contribution in [-0.4, -0.2) is 22.4 Å². The highest BCUT2D eigenvalue weighted by Gasteiger charge is 2.16. The molecule has 0 amide bonds. The zero-order valence-electron chi connectivity index (χ0n) is 13.4. The average molecular weight is 300 g/mol. The van der Waals surface area contributed by atoms with Crippen molar-refractivity contribution in [2.75, 3.05) is 0 Å². The SMILES string of the molecule is C=C/C=C1/CC(O)CCC1=C.C=C/C=C1/CC(O)CCC1=C. The first-order valence-corrected chi connectivity index (χ1v) is 7.83. The van der Waals surface area contributed by atoms with Gasteiger partial charge in [-0.25, -0.2) is 0 Å². The lowest BCUT2D eigenvalue weighted by Crippen LogP contribution is -2.14. The maximum atomic E-state index is 9.31. The molecule has 2 saturated carbocycles. The molecule has 0 aromatic heterocycles. The van der Waals surface area contributed by atoms with E-state index < -0.39 is 0 Å². The largest absolute Gasteiger partial charge is 0.393 e. The number of allylic oxidation sites excluding steroid dienone is 6. The van der Waals surface area contributed by atoms with E-state index in [2.05, 4.69) is 26.3 Å². The van der Waals surface area contributed by atoms with Gasteiger partial charge in [0, 0.05) is 0 Å². The van der Waals surface area contributed by atoms with Gasteiger partial charge in [-0.1, -0.05) is 61.8 Å². The summed E-state index contributed by atoms with van der Waals surface area (Å²) in [6, 6.07) is 0. The van der Waals surface area contributed by atoms with Gasteiger partial charge in [-0.15, -0.1) is 0 Å². The van der Waals surface area contributed by atoms with Crippen molar-refractivity contribution < 1.29 is 10.2 Å². The predicted octanol–water partition coefficient (Wildman–Crippen LogP) is 4.40. The smallest absolute Gasteiger partial charge is 0.0583 e. The minimum atomic E-state index is -0.174. The Morgan fingerprint density at radius 2 is 1.14 bits per heavy atom. The fourth-order valence-corrected chi connectivity index (χ4v) is 2.66. The maximum absolute atomic E-state index is 9.31. The van der Waals surface area contributed by atoms with Crippen LogP contribution in [0.25, 0.3) is 0 Å². The van der Waals surface area contributed by atoms with E-state index in [1.807, 2.05) is 12.2 Å². The first-order valence-electron chi connectivity index (χ1n) is 7.83. The molecule has 2 unspecified atom stereocenters. The molecule has 0 heterocycles. The Labute approximate surface area is 134 Å². The third-order valence-corrected chi connectivity index (χ3v) is 4.02. The molecule has 2 fully saturated rings. The minimum absolute atomic E-state index is 0.174. The van der Waals surface area contributed by atoms with Crippen LogP contribution in [0, 0.1) is 0 Å². The summed E-state index contributed by atoms with van der Waals surface area (Å²) in [6.07, 6.45) is 12.0. The lowest BCUT2D eigenvalue weighted by Gasteiger charge is -2.21. The van der Waals surface area contributed by atoms with Crippen molar-refractivity contribution in [2.45, 2.75) is 50.7 Å². The van der Waals surface area contributed by atoms with Gasteiger partial charge in [-0.2, -0.15) is 0 Å². The molecule has 2 atom stereocenters. The first kappa shape index (κ1) is 18.4. The van der Waals surface area contributed by atoms with Crippen LogP contribution in [0.2, 0.25) is 0 Å². The van der Waals surface area contributed by atoms with Crippen molar-refractivity contribution in [2.24, 2.45) is 0 Å². The fraction of sp³-hybridized carbons (Fsp3) is 0.400. The molecule has 2 N–H and O–H groups in total. The minimum Gasteiger partial charge on any atom is -0.393 e. The summed E-state index contributed by atoms with van der Waals surface area (Å²) in [7, 11) is 0. The molecular formula is C20H28O2. The summed E-state index contributed by atoms with van der Waals surface area (Å²) in [5, 5.41) is 18.6. The number of hydrogen-bond donors (Lipinski definition) is 2. The molecule has 0 aromatic carbocycles. The van der Waals surface area contributed by atoms with Crippen molar-refractivity contribution in [3.63, 3.8) is 0 Å². The standard InChI is InChI=1S/2C10H14O/c2*1-3-4-9-7-10(11)6-5-8(9)2/h2*3-4,10-11H,1-2,5-7H2/b2*9-4-. The molecule has 120 valence electrons. The van der Waals surface area contributed by atoms with E-state index in [1.165, 1.54) is 0 Å². The second-order valence-electron chi connectivity index (χ2n) is 5.86. The monoisotopic (exact) mass is 300 g/mol. The van der Waals surface area contributed by atoms with Gasteiger partial charge >= 0.3 is 0 Å². The highest BCUT2D eigenvalue weighted by molar-refractivity contribution is 5.34. The maximum Gasteiger partial charge on any atom is 0.0583 e. The Hall–Kier alpha value is -1.64. The third kappa shape index (κ3) is 6.00. The summed E-state index contributed by atoms with van der Waals surface area (Å²) >= 11 is 0. The normalized spacial score (nSPS) is 29.0. The van der Waals surface area contributed by atoms with E-state index in [9.17, 15) is 10.2 Å². The van der Waals surface area contributed by atoms with Crippen LogP contribution in [-0.2, 0) is 0 Å². The van der Waals surface area contributed by atoms with Gasteiger partial charge in [0.1, 0.15) is 0 Å². The summed E-state index contributed by atoms with van der Waals surface area (Å²) in [4.78, 5) is 0. The van der Waals surface area contributed by atoms with Gasteiger partial charge in [-0.05, 0) is 49.7 Å². The molecule has 0 bridgehead atoms. The molecule has 0 saturated heterocycles. The van der Waals surface area contributed by atoms with Gasteiger partial charge in [0.15, 0.2) is 0 Å². The Morgan fingerprint density at radius 3 is 1.45 bits per heavy atom. The highest BCUT2D eigenvalue weighted by atomic mass is 16.3. The second kappa shape index (κ2) is 9.39. The van der Waals surface area contributed by atoms with Gasteiger partial charge in [0.25, 0.3) is 0 Å². The third-order valence-electron chi connectivity index (χ3n) is 4.02. The lowest BCUT2D eigenvalue weighted by atomic mass is 9.88. The first-order chi connectivity index (χ1) is 10.5. The molecule has 2 aliphatic carbocycles. The van der Waals surface area contributed by atoms with Crippen molar-refractivity contribution >= 4 is 0 Å². The molecule has 0 aromatic rings. The average Bonchev–Trinajstić information content (AvgIpc) is 2.48. The van der Waals surface area contributed by atoms with Crippen molar-refractivity contribution in [1.29, 1.82) is 0 Å². The molecule has 2 aliphatic rings. The van der Waals surface area contributed by atoms with E-state index in [4.69, 9.17) is 0 Å². The van der Waals surface area contributed by atoms with Gasteiger partial charge in [0.05, 0.1) is 12.2 Å². The number of aliphatic hydroxyl groups is 2. The van der Waals surface area contributed by atoms with E-state index in [0.717, 1.165) is 60.8 Å². The number of aliphatic hydroxyl groups excluding tert-OH is 2. The number of hydrogen-bond acceptors (Lipinski definition) is 2. The Balaban J connectivity index is 0.000000220. The van der Waals surface area contributed by atoms with E-state index >= 15 is 0 Å². The fourth-order valence-electron chi connectivity index (χ4n) is 2.66. The summed E-state index contributed by atoms with van der Waals surface area (Å²) in [6.45, 7) is 15.1. The molecule has 2 nitrogen and oxygen atoms in total. The predicted molar refractivity (Wildman–Crippen MR) is 94.6 cm³/mol. The van der Waals surface area contributed by atoms with Crippen LogP contribution in [0.15, 0.2) is 72.9 Å². The molecule has 0 aliphatic heterocycles.